The van der Waals surface area contributed by atoms with Gasteiger partial charge in [-0.3, -0.25) is 4.79 Å². The van der Waals surface area contributed by atoms with E-state index in [0.717, 1.165) is 5.56 Å². The molecule has 1 atom stereocenters. The van der Waals surface area contributed by atoms with Crippen LogP contribution in [0.4, 0.5) is 4.79 Å². The molecule has 1 saturated heterocycles. The highest BCUT2D eigenvalue weighted by Crippen LogP contribution is 2.26. The van der Waals surface area contributed by atoms with Gasteiger partial charge in [-0.1, -0.05) is 36.4 Å². The lowest BCUT2D eigenvalue weighted by Crippen LogP contribution is -2.55. The fourth-order valence-corrected chi connectivity index (χ4v) is 3.04. The third-order valence-electron chi connectivity index (χ3n) is 4.57. The Morgan fingerprint density at radius 2 is 1.89 bits per heavy atom. The van der Waals surface area contributed by atoms with E-state index >= 15 is 0 Å². The Balaban J connectivity index is 1.98. The number of ether oxygens (including phenoxy) is 1. The van der Waals surface area contributed by atoms with Crippen molar-refractivity contribution in [2.75, 3.05) is 13.1 Å². The zero-order chi connectivity index (χ0) is 20.1. The molecule has 27 heavy (non-hydrogen) atoms. The van der Waals surface area contributed by atoms with Gasteiger partial charge in [-0.15, -0.1) is 6.58 Å². The molecule has 1 aromatic rings. The second-order valence-electron chi connectivity index (χ2n) is 7.96. The maximum Gasteiger partial charge on any atom is 0.410 e. The van der Waals surface area contributed by atoms with Crippen molar-refractivity contribution in [1.29, 1.82) is 0 Å². The SMILES string of the molecule is C=CC[C@H](NC(=O)C1(O)CCN(C(=O)OC(C)(C)C)CC1)c1ccccc1. The summed E-state index contributed by atoms with van der Waals surface area (Å²) in [6.45, 7) is 9.72. The van der Waals surface area contributed by atoms with Gasteiger partial charge in [0.1, 0.15) is 11.2 Å². The van der Waals surface area contributed by atoms with E-state index in [2.05, 4.69) is 11.9 Å². The minimum atomic E-state index is -1.49. The first-order valence-corrected chi connectivity index (χ1v) is 9.32. The molecular formula is C21H30N2O4. The van der Waals surface area contributed by atoms with Gasteiger partial charge >= 0.3 is 6.09 Å². The Labute approximate surface area is 161 Å². The summed E-state index contributed by atoms with van der Waals surface area (Å²) in [7, 11) is 0. The summed E-state index contributed by atoms with van der Waals surface area (Å²) in [6, 6.07) is 9.35. The van der Waals surface area contributed by atoms with Crippen LogP contribution >= 0.6 is 0 Å². The molecule has 0 aromatic heterocycles. The van der Waals surface area contributed by atoms with E-state index in [1.165, 1.54) is 4.90 Å². The lowest BCUT2D eigenvalue weighted by molar-refractivity contribution is -0.145. The largest absolute Gasteiger partial charge is 0.444 e. The van der Waals surface area contributed by atoms with Crippen molar-refractivity contribution in [2.45, 2.75) is 57.3 Å². The quantitative estimate of drug-likeness (QED) is 0.776. The van der Waals surface area contributed by atoms with Crippen LogP contribution in [-0.4, -0.2) is 46.3 Å². The van der Waals surface area contributed by atoms with Gasteiger partial charge in [0.25, 0.3) is 5.91 Å². The zero-order valence-electron chi connectivity index (χ0n) is 16.4. The van der Waals surface area contributed by atoms with Gasteiger partial charge in [0.05, 0.1) is 6.04 Å². The second-order valence-corrected chi connectivity index (χ2v) is 7.96. The number of benzene rings is 1. The highest BCUT2D eigenvalue weighted by molar-refractivity contribution is 5.85. The predicted molar refractivity (Wildman–Crippen MR) is 104 cm³/mol. The molecule has 0 radical (unpaired) electrons. The molecule has 2 amide bonds. The maximum atomic E-state index is 12.8. The Hall–Kier alpha value is -2.34. The van der Waals surface area contributed by atoms with Crippen molar-refractivity contribution in [2.24, 2.45) is 0 Å². The first-order chi connectivity index (χ1) is 12.6. The molecule has 2 rings (SSSR count). The molecule has 1 aliphatic heterocycles. The van der Waals surface area contributed by atoms with E-state index in [9.17, 15) is 14.7 Å². The number of hydrogen-bond donors (Lipinski definition) is 2. The summed E-state index contributed by atoms with van der Waals surface area (Å²) in [4.78, 5) is 26.4. The lowest BCUT2D eigenvalue weighted by atomic mass is 9.89. The number of likely N-dealkylation sites (tertiary alicyclic amines) is 1. The Bertz CT molecular complexity index is 659. The minimum absolute atomic E-state index is 0.174. The molecule has 0 saturated carbocycles. The molecule has 0 aliphatic carbocycles. The van der Waals surface area contributed by atoms with Crippen molar-refractivity contribution in [3.8, 4) is 0 Å². The fourth-order valence-electron chi connectivity index (χ4n) is 3.04. The zero-order valence-corrected chi connectivity index (χ0v) is 16.4. The number of carbonyl (C=O) groups excluding carboxylic acids is 2. The van der Waals surface area contributed by atoms with E-state index in [1.807, 2.05) is 51.1 Å². The Kier molecular flexibility index (Phi) is 6.65. The third kappa shape index (κ3) is 5.82. The first-order valence-electron chi connectivity index (χ1n) is 9.32. The molecule has 1 heterocycles. The summed E-state index contributed by atoms with van der Waals surface area (Å²) in [5.41, 5.74) is -1.11. The van der Waals surface area contributed by atoms with Gasteiger partial charge in [0.2, 0.25) is 0 Å². The molecule has 6 nitrogen and oxygen atoms in total. The number of rotatable bonds is 5. The van der Waals surface area contributed by atoms with Crippen LogP contribution in [0.5, 0.6) is 0 Å². The van der Waals surface area contributed by atoms with Crippen molar-refractivity contribution in [1.82, 2.24) is 10.2 Å². The van der Waals surface area contributed by atoms with Crippen LogP contribution < -0.4 is 5.32 Å². The maximum absolute atomic E-state index is 12.8. The van der Waals surface area contributed by atoms with Crippen LogP contribution in [-0.2, 0) is 9.53 Å². The highest BCUT2D eigenvalue weighted by atomic mass is 16.6. The highest BCUT2D eigenvalue weighted by Gasteiger charge is 2.41. The van der Waals surface area contributed by atoms with E-state index < -0.39 is 23.2 Å². The molecule has 0 bridgehead atoms. The lowest BCUT2D eigenvalue weighted by Gasteiger charge is -2.38. The topological polar surface area (TPSA) is 78.9 Å². The monoisotopic (exact) mass is 374 g/mol. The molecule has 0 spiro atoms. The molecule has 1 aliphatic rings. The summed E-state index contributed by atoms with van der Waals surface area (Å²) in [5, 5.41) is 13.8. The van der Waals surface area contributed by atoms with Crippen molar-refractivity contribution < 1.29 is 19.4 Å². The van der Waals surface area contributed by atoms with Crippen molar-refractivity contribution in [3.05, 3.63) is 48.6 Å². The van der Waals surface area contributed by atoms with E-state index in [1.54, 1.807) is 6.08 Å². The number of aliphatic hydroxyl groups is 1. The summed E-state index contributed by atoms with van der Waals surface area (Å²) in [6.07, 6.45) is 2.24. The van der Waals surface area contributed by atoms with E-state index in [0.29, 0.717) is 6.42 Å². The number of hydrogen-bond acceptors (Lipinski definition) is 4. The number of nitrogens with zero attached hydrogens (tertiary/aromatic N) is 1. The summed E-state index contributed by atoms with van der Waals surface area (Å²) in [5.74, 6) is -0.415. The van der Waals surface area contributed by atoms with Gasteiger partial charge in [-0.05, 0) is 32.8 Å². The smallest absolute Gasteiger partial charge is 0.410 e. The minimum Gasteiger partial charge on any atom is -0.444 e. The second kappa shape index (κ2) is 8.57. The van der Waals surface area contributed by atoms with E-state index in [-0.39, 0.29) is 32.0 Å². The van der Waals surface area contributed by atoms with Gasteiger partial charge < -0.3 is 20.1 Å². The summed E-state index contributed by atoms with van der Waals surface area (Å²) >= 11 is 0. The van der Waals surface area contributed by atoms with Crippen LogP contribution in [0, 0.1) is 0 Å². The number of nitrogens with one attached hydrogen (secondary N) is 1. The normalized spacial score (nSPS) is 17.7. The Morgan fingerprint density at radius 3 is 2.41 bits per heavy atom. The van der Waals surface area contributed by atoms with Gasteiger partial charge in [0, 0.05) is 25.9 Å². The average molecular weight is 374 g/mol. The number of carbonyl (C=O) groups is 2. The molecule has 2 N–H and O–H groups in total. The number of amides is 2. The molecule has 148 valence electrons. The molecule has 0 unspecified atom stereocenters. The number of piperidine rings is 1. The average Bonchev–Trinajstić information content (AvgIpc) is 2.61. The van der Waals surface area contributed by atoms with Crippen molar-refractivity contribution in [3.63, 3.8) is 0 Å². The standard InChI is InChI=1S/C21H30N2O4/c1-5-9-17(16-10-7-6-8-11-16)22-18(24)21(26)12-14-23(15-13-21)19(25)27-20(2,3)4/h5-8,10-11,17,26H,1,9,12-15H2,2-4H3,(H,22,24)/t17-/m0/s1. The Morgan fingerprint density at radius 1 is 1.30 bits per heavy atom. The summed E-state index contributed by atoms with van der Waals surface area (Å²) < 4.78 is 5.35. The van der Waals surface area contributed by atoms with E-state index in [4.69, 9.17) is 4.74 Å². The fraction of sp³-hybridized carbons (Fsp3) is 0.524. The van der Waals surface area contributed by atoms with Gasteiger partial charge in [0.15, 0.2) is 0 Å². The molecule has 6 heteroatoms. The van der Waals surface area contributed by atoms with Crippen molar-refractivity contribution >= 4 is 12.0 Å². The molecule has 1 aromatic carbocycles. The van der Waals surface area contributed by atoms with Crippen LogP contribution in [0.15, 0.2) is 43.0 Å². The molecule has 1 fully saturated rings. The van der Waals surface area contributed by atoms with Crippen LogP contribution in [0.1, 0.15) is 51.6 Å². The van der Waals surface area contributed by atoms with Gasteiger partial charge in [-0.2, -0.15) is 0 Å². The molecular weight excluding hydrogens is 344 g/mol. The predicted octanol–water partition coefficient (Wildman–Crippen LogP) is 3.18. The van der Waals surface area contributed by atoms with Crippen LogP contribution in [0.25, 0.3) is 0 Å². The first kappa shape index (κ1) is 21.0. The third-order valence-corrected chi connectivity index (χ3v) is 4.57. The van der Waals surface area contributed by atoms with Crippen LogP contribution in [0.2, 0.25) is 0 Å². The van der Waals surface area contributed by atoms with Gasteiger partial charge in [-0.25, -0.2) is 4.79 Å². The van der Waals surface area contributed by atoms with Crippen LogP contribution in [0.3, 0.4) is 0 Å².